The van der Waals surface area contributed by atoms with Gasteiger partial charge in [-0.1, -0.05) is 30.9 Å². The van der Waals surface area contributed by atoms with E-state index < -0.39 is 0 Å². The molecular formula is C24H26N4O3S2. The van der Waals surface area contributed by atoms with Crippen LogP contribution in [-0.2, 0) is 17.9 Å². The van der Waals surface area contributed by atoms with Gasteiger partial charge in [0.25, 0.3) is 11.5 Å². The summed E-state index contributed by atoms with van der Waals surface area (Å²) in [5.74, 6) is 1.72. The van der Waals surface area contributed by atoms with Crippen molar-refractivity contribution in [2.24, 2.45) is 5.92 Å². The first-order chi connectivity index (χ1) is 15.8. The molecular weight excluding hydrogens is 456 g/mol. The predicted molar refractivity (Wildman–Crippen MR) is 134 cm³/mol. The molecule has 4 rings (SSSR count). The molecule has 1 amide bonds. The molecule has 0 N–H and O–H groups in total. The minimum absolute atomic E-state index is 0.114. The van der Waals surface area contributed by atoms with Gasteiger partial charge in [0.2, 0.25) is 0 Å². The van der Waals surface area contributed by atoms with Gasteiger partial charge in [-0.25, -0.2) is 0 Å². The van der Waals surface area contributed by atoms with Gasteiger partial charge in [0.05, 0.1) is 17.7 Å². The number of aromatic nitrogens is 1. The molecule has 9 heteroatoms. The molecule has 0 aliphatic carbocycles. The third kappa shape index (κ3) is 4.37. The summed E-state index contributed by atoms with van der Waals surface area (Å²) in [5, 5.41) is 9.72. The number of hydrogen-bond acceptors (Lipinski definition) is 7. The molecule has 0 saturated carbocycles. The molecule has 2 fully saturated rings. The molecule has 2 aromatic rings. The number of thioether (sulfide) groups is 1. The topological polar surface area (TPSA) is 82.5 Å². The van der Waals surface area contributed by atoms with Crippen molar-refractivity contribution in [3.63, 3.8) is 0 Å². The van der Waals surface area contributed by atoms with Crippen LogP contribution in [0.2, 0.25) is 0 Å². The van der Waals surface area contributed by atoms with Crippen LogP contribution in [-0.4, -0.2) is 32.8 Å². The smallest absolute Gasteiger partial charge is 0.270 e. The van der Waals surface area contributed by atoms with Crippen molar-refractivity contribution in [2.45, 2.75) is 46.7 Å². The number of amides is 1. The Kier molecular flexibility index (Phi) is 6.77. The maximum absolute atomic E-state index is 13.2. The highest BCUT2D eigenvalue weighted by molar-refractivity contribution is 8.26. The second-order valence-corrected chi connectivity index (χ2v) is 10.1. The van der Waals surface area contributed by atoms with Gasteiger partial charge in [0, 0.05) is 25.2 Å². The number of piperidine rings is 1. The van der Waals surface area contributed by atoms with Gasteiger partial charge in [0.1, 0.15) is 27.5 Å². The fourth-order valence-corrected chi connectivity index (χ4v) is 5.72. The number of thiocarbonyl (C=S) groups is 1. The van der Waals surface area contributed by atoms with Crippen LogP contribution in [0.4, 0.5) is 5.82 Å². The van der Waals surface area contributed by atoms with E-state index in [0.717, 1.165) is 37.3 Å². The van der Waals surface area contributed by atoms with Crippen LogP contribution in [0, 0.1) is 24.2 Å². The average molecular weight is 483 g/mol. The second kappa shape index (κ2) is 9.57. The summed E-state index contributed by atoms with van der Waals surface area (Å²) in [6.07, 6.45) is 5.54. The maximum atomic E-state index is 13.2. The number of hydrogen-bond donors (Lipinski definition) is 0. The van der Waals surface area contributed by atoms with E-state index in [1.165, 1.54) is 16.7 Å². The largest absolute Gasteiger partial charge is 0.467 e. The first kappa shape index (κ1) is 23.3. The monoisotopic (exact) mass is 482 g/mol. The summed E-state index contributed by atoms with van der Waals surface area (Å²) in [5.41, 5.74) is 1.16. The number of nitriles is 1. The highest BCUT2D eigenvalue weighted by Crippen LogP contribution is 2.37. The second-order valence-electron chi connectivity index (χ2n) is 8.44. The van der Waals surface area contributed by atoms with Gasteiger partial charge in [-0.15, -0.1) is 0 Å². The molecule has 2 aliphatic heterocycles. The number of rotatable bonds is 5. The minimum Gasteiger partial charge on any atom is -0.467 e. The van der Waals surface area contributed by atoms with Crippen LogP contribution >= 0.6 is 24.0 Å². The van der Waals surface area contributed by atoms with Crippen molar-refractivity contribution < 1.29 is 9.21 Å². The van der Waals surface area contributed by atoms with Gasteiger partial charge in [-0.05, 0) is 56.4 Å². The van der Waals surface area contributed by atoms with Crippen LogP contribution in [0.3, 0.4) is 0 Å². The number of pyridine rings is 1. The van der Waals surface area contributed by atoms with Crippen molar-refractivity contribution in [2.75, 3.05) is 18.0 Å². The lowest BCUT2D eigenvalue weighted by Gasteiger charge is -2.35. The first-order valence-corrected chi connectivity index (χ1v) is 12.3. The highest BCUT2D eigenvalue weighted by atomic mass is 32.2. The van der Waals surface area contributed by atoms with Crippen molar-refractivity contribution in [3.05, 3.63) is 56.1 Å². The Morgan fingerprint density at radius 2 is 2.18 bits per heavy atom. The lowest BCUT2D eigenvalue weighted by atomic mass is 9.98. The normalized spacial score (nSPS) is 20.1. The molecule has 2 saturated heterocycles. The zero-order valence-corrected chi connectivity index (χ0v) is 20.6. The quantitative estimate of drug-likeness (QED) is 0.465. The molecule has 2 aliphatic rings. The first-order valence-electron chi connectivity index (χ1n) is 11.1. The van der Waals surface area contributed by atoms with E-state index in [-0.39, 0.29) is 23.6 Å². The average Bonchev–Trinajstić information content (AvgIpc) is 3.40. The van der Waals surface area contributed by atoms with E-state index >= 15 is 0 Å². The molecule has 0 spiro atoms. The third-order valence-corrected chi connectivity index (χ3v) is 7.54. The molecule has 2 aromatic heterocycles. The van der Waals surface area contributed by atoms with E-state index in [4.69, 9.17) is 16.6 Å². The number of nitrogens with zero attached hydrogens (tertiary/aromatic N) is 4. The van der Waals surface area contributed by atoms with Crippen molar-refractivity contribution in [1.82, 2.24) is 9.47 Å². The standard InChI is InChI=1S/C24H26N4O3S2/c1-4-27-21(26-9-5-7-15(2)13-26)18(16(3)19(12-25)22(27)29)11-20-23(30)28(24(32)33-20)14-17-8-6-10-31-17/h6,8,10-11,15H,4-5,7,9,13-14H2,1-3H3/b20-11+. The van der Waals surface area contributed by atoms with Crippen molar-refractivity contribution in [3.8, 4) is 6.07 Å². The Balaban J connectivity index is 1.83. The van der Waals surface area contributed by atoms with Gasteiger partial charge in [-0.2, -0.15) is 5.26 Å². The Bertz CT molecular complexity index is 1220. The van der Waals surface area contributed by atoms with Crippen LogP contribution < -0.4 is 10.5 Å². The number of anilines is 1. The Morgan fingerprint density at radius 3 is 2.82 bits per heavy atom. The van der Waals surface area contributed by atoms with Crippen LogP contribution in [0.5, 0.6) is 0 Å². The summed E-state index contributed by atoms with van der Waals surface area (Å²) in [6, 6.07) is 5.66. The van der Waals surface area contributed by atoms with E-state index in [1.54, 1.807) is 36.0 Å². The maximum Gasteiger partial charge on any atom is 0.270 e. The SMILES string of the molecule is CCn1c(N2CCCC(C)C2)c(/C=C2/SC(=S)N(Cc3ccco3)C2=O)c(C)c(C#N)c1=O. The van der Waals surface area contributed by atoms with Gasteiger partial charge in [-0.3, -0.25) is 19.1 Å². The fraction of sp³-hybridized carbons (Fsp3) is 0.417. The lowest BCUT2D eigenvalue weighted by Crippen LogP contribution is -2.40. The number of carbonyl (C=O) groups excluding carboxylic acids is 1. The highest BCUT2D eigenvalue weighted by Gasteiger charge is 2.34. The van der Waals surface area contributed by atoms with Gasteiger partial charge in [0.15, 0.2) is 0 Å². The molecule has 0 aromatic carbocycles. The zero-order valence-electron chi connectivity index (χ0n) is 19.0. The molecule has 33 heavy (non-hydrogen) atoms. The van der Waals surface area contributed by atoms with Crippen molar-refractivity contribution >= 4 is 46.1 Å². The zero-order chi connectivity index (χ0) is 23.7. The van der Waals surface area contributed by atoms with Gasteiger partial charge >= 0.3 is 0 Å². The lowest BCUT2D eigenvalue weighted by molar-refractivity contribution is -0.122. The molecule has 1 unspecified atom stereocenters. The van der Waals surface area contributed by atoms with Gasteiger partial charge < -0.3 is 9.32 Å². The summed E-state index contributed by atoms with van der Waals surface area (Å²) in [7, 11) is 0. The molecule has 4 heterocycles. The van der Waals surface area contributed by atoms with E-state index in [1.807, 2.05) is 6.92 Å². The molecule has 7 nitrogen and oxygen atoms in total. The molecule has 0 bridgehead atoms. The third-order valence-electron chi connectivity index (χ3n) is 6.16. The molecule has 172 valence electrons. The Hall–Kier alpha value is -2.83. The van der Waals surface area contributed by atoms with Crippen LogP contribution in [0.15, 0.2) is 32.5 Å². The predicted octanol–water partition coefficient (Wildman–Crippen LogP) is 4.28. The summed E-state index contributed by atoms with van der Waals surface area (Å²) >= 11 is 6.71. The Morgan fingerprint density at radius 1 is 1.39 bits per heavy atom. The number of furan rings is 1. The molecule has 0 radical (unpaired) electrons. The van der Waals surface area contributed by atoms with Crippen molar-refractivity contribution in [1.29, 1.82) is 5.26 Å². The summed E-state index contributed by atoms with van der Waals surface area (Å²) in [4.78, 5) is 30.6. The van der Waals surface area contributed by atoms with E-state index in [0.29, 0.717) is 33.0 Å². The Labute approximate surface area is 202 Å². The van der Waals surface area contributed by atoms with Crippen LogP contribution in [0.25, 0.3) is 6.08 Å². The minimum atomic E-state index is -0.284. The van der Waals surface area contributed by atoms with E-state index in [2.05, 4.69) is 17.9 Å². The van der Waals surface area contributed by atoms with E-state index in [9.17, 15) is 14.9 Å². The summed E-state index contributed by atoms with van der Waals surface area (Å²) < 4.78 is 7.51. The van der Waals surface area contributed by atoms with Crippen LogP contribution in [0.1, 0.15) is 49.1 Å². The number of carbonyl (C=O) groups is 1. The summed E-state index contributed by atoms with van der Waals surface area (Å²) in [6.45, 7) is 8.25. The molecule has 1 atom stereocenters. The fourth-order valence-electron chi connectivity index (χ4n) is 4.49.